The second-order valence-corrected chi connectivity index (χ2v) is 4.72. The monoisotopic (exact) mass is 274 g/mol. The molecule has 0 aliphatic carbocycles. The molecular formula is C14H15ClN4. The Bertz CT molecular complexity index is 625. The van der Waals surface area contributed by atoms with E-state index in [-0.39, 0.29) is 0 Å². The van der Waals surface area contributed by atoms with E-state index in [0.29, 0.717) is 35.1 Å². The molecule has 0 radical (unpaired) electrons. The topological polar surface area (TPSA) is 67.6 Å². The third kappa shape index (κ3) is 2.72. The van der Waals surface area contributed by atoms with Gasteiger partial charge in [0, 0.05) is 18.0 Å². The molecule has 0 unspecified atom stereocenters. The number of aromatic nitrogens is 2. The van der Waals surface area contributed by atoms with E-state index >= 15 is 0 Å². The number of aryl methyl sites for hydroxylation is 1. The van der Waals surface area contributed by atoms with Gasteiger partial charge in [0.15, 0.2) is 0 Å². The van der Waals surface area contributed by atoms with Crippen LogP contribution in [0.4, 0.5) is 5.82 Å². The van der Waals surface area contributed by atoms with Crippen LogP contribution >= 0.6 is 11.6 Å². The molecule has 1 aromatic carbocycles. The Morgan fingerprint density at radius 3 is 2.79 bits per heavy atom. The third-order valence-corrected chi connectivity index (χ3v) is 3.30. The van der Waals surface area contributed by atoms with Crippen molar-refractivity contribution in [3.8, 4) is 6.07 Å². The molecule has 0 amide bonds. The number of halogens is 1. The van der Waals surface area contributed by atoms with E-state index in [9.17, 15) is 5.26 Å². The van der Waals surface area contributed by atoms with Gasteiger partial charge in [0.05, 0.1) is 5.69 Å². The molecule has 0 spiro atoms. The van der Waals surface area contributed by atoms with E-state index in [1.54, 1.807) is 4.68 Å². The maximum atomic E-state index is 9.21. The lowest BCUT2D eigenvalue weighted by Crippen LogP contribution is -2.04. The number of anilines is 1. The summed E-state index contributed by atoms with van der Waals surface area (Å²) in [6.07, 6.45) is 1.44. The number of nitriles is 1. The molecule has 5 heteroatoms. The van der Waals surface area contributed by atoms with Gasteiger partial charge in [-0.05, 0) is 18.1 Å². The Hall–Kier alpha value is -1.99. The lowest BCUT2D eigenvalue weighted by atomic mass is 10.1. The highest BCUT2D eigenvalue weighted by molar-refractivity contribution is 6.31. The van der Waals surface area contributed by atoms with Gasteiger partial charge >= 0.3 is 0 Å². The smallest absolute Gasteiger partial charge is 0.140 e. The number of rotatable bonds is 4. The minimum atomic E-state index is 0.436. The highest BCUT2D eigenvalue weighted by Crippen LogP contribution is 2.23. The lowest BCUT2D eigenvalue weighted by Gasteiger charge is -2.01. The summed E-state index contributed by atoms with van der Waals surface area (Å²) in [6.45, 7) is 2.75. The normalized spacial score (nSPS) is 10.4. The highest BCUT2D eigenvalue weighted by Gasteiger charge is 2.16. The van der Waals surface area contributed by atoms with Gasteiger partial charge < -0.3 is 5.73 Å². The van der Waals surface area contributed by atoms with Crippen LogP contribution in [0.25, 0.3) is 0 Å². The van der Waals surface area contributed by atoms with Gasteiger partial charge in [0.25, 0.3) is 0 Å². The predicted octanol–water partition coefficient (Wildman–Crippen LogP) is 2.99. The summed E-state index contributed by atoms with van der Waals surface area (Å²) in [6, 6.07) is 9.68. The standard InChI is InChI=1S/C14H15ClN4/c1-2-7-19-14(17)11(9-16)13(18-19)8-10-5-3-4-6-12(10)15/h3-6H,2,7-8,17H2,1H3. The van der Waals surface area contributed by atoms with Gasteiger partial charge in [-0.2, -0.15) is 10.4 Å². The Morgan fingerprint density at radius 1 is 1.42 bits per heavy atom. The zero-order chi connectivity index (χ0) is 13.8. The van der Waals surface area contributed by atoms with Crippen LogP contribution in [0.2, 0.25) is 5.02 Å². The molecule has 2 N–H and O–H groups in total. The van der Waals surface area contributed by atoms with Gasteiger partial charge in [-0.25, -0.2) is 4.68 Å². The Morgan fingerprint density at radius 2 is 2.16 bits per heavy atom. The fourth-order valence-corrected chi connectivity index (χ4v) is 2.18. The minimum absolute atomic E-state index is 0.436. The van der Waals surface area contributed by atoms with Crippen molar-refractivity contribution in [2.24, 2.45) is 0 Å². The quantitative estimate of drug-likeness (QED) is 0.932. The van der Waals surface area contributed by atoms with Crippen LogP contribution in [0.5, 0.6) is 0 Å². The van der Waals surface area contributed by atoms with Crippen molar-refractivity contribution in [2.75, 3.05) is 5.73 Å². The van der Waals surface area contributed by atoms with Crippen LogP contribution in [0.15, 0.2) is 24.3 Å². The average molecular weight is 275 g/mol. The number of nitrogens with zero attached hydrogens (tertiary/aromatic N) is 3. The summed E-state index contributed by atoms with van der Waals surface area (Å²) in [5.41, 5.74) is 8.02. The first kappa shape index (κ1) is 13.4. The predicted molar refractivity (Wildman–Crippen MR) is 75.9 cm³/mol. The Labute approximate surface area is 117 Å². The summed E-state index contributed by atoms with van der Waals surface area (Å²) >= 11 is 6.13. The van der Waals surface area contributed by atoms with E-state index < -0.39 is 0 Å². The van der Waals surface area contributed by atoms with Gasteiger partial charge in [0.1, 0.15) is 17.5 Å². The lowest BCUT2D eigenvalue weighted by molar-refractivity contribution is 0.604. The van der Waals surface area contributed by atoms with Crippen LogP contribution in [0.1, 0.15) is 30.2 Å². The zero-order valence-corrected chi connectivity index (χ0v) is 11.5. The molecule has 19 heavy (non-hydrogen) atoms. The Balaban J connectivity index is 2.38. The molecule has 0 atom stereocenters. The third-order valence-electron chi connectivity index (χ3n) is 2.93. The van der Waals surface area contributed by atoms with Crippen molar-refractivity contribution in [3.63, 3.8) is 0 Å². The van der Waals surface area contributed by atoms with E-state index in [4.69, 9.17) is 17.3 Å². The first-order valence-corrected chi connectivity index (χ1v) is 6.53. The number of benzene rings is 1. The van der Waals surface area contributed by atoms with Crippen molar-refractivity contribution in [1.82, 2.24) is 9.78 Å². The van der Waals surface area contributed by atoms with E-state index in [2.05, 4.69) is 11.2 Å². The molecular weight excluding hydrogens is 260 g/mol. The molecule has 0 saturated carbocycles. The number of hydrogen-bond acceptors (Lipinski definition) is 3. The van der Waals surface area contributed by atoms with Gasteiger partial charge in [-0.15, -0.1) is 0 Å². The molecule has 0 bridgehead atoms. The molecule has 0 saturated heterocycles. The van der Waals surface area contributed by atoms with E-state index in [1.807, 2.05) is 31.2 Å². The summed E-state index contributed by atoms with van der Waals surface area (Å²) in [5, 5.41) is 14.3. The summed E-state index contributed by atoms with van der Waals surface area (Å²) in [5.74, 6) is 0.436. The van der Waals surface area contributed by atoms with Crippen LogP contribution < -0.4 is 5.73 Å². The molecule has 2 rings (SSSR count). The number of nitrogens with two attached hydrogens (primary N) is 1. The maximum absolute atomic E-state index is 9.21. The van der Waals surface area contributed by atoms with Crippen molar-refractivity contribution in [1.29, 1.82) is 5.26 Å². The molecule has 1 aromatic heterocycles. The minimum Gasteiger partial charge on any atom is -0.383 e. The molecule has 2 aromatic rings. The number of hydrogen-bond donors (Lipinski definition) is 1. The molecule has 4 nitrogen and oxygen atoms in total. The van der Waals surface area contributed by atoms with Gasteiger partial charge in [0.2, 0.25) is 0 Å². The van der Waals surface area contributed by atoms with Crippen LogP contribution in [-0.4, -0.2) is 9.78 Å². The summed E-state index contributed by atoms with van der Waals surface area (Å²) in [7, 11) is 0. The van der Waals surface area contributed by atoms with Crippen LogP contribution in [0, 0.1) is 11.3 Å². The maximum Gasteiger partial charge on any atom is 0.140 e. The van der Waals surface area contributed by atoms with Crippen LogP contribution in [-0.2, 0) is 13.0 Å². The van der Waals surface area contributed by atoms with Gasteiger partial charge in [-0.1, -0.05) is 36.7 Å². The van der Waals surface area contributed by atoms with Crippen molar-refractivity contribution in [3.05, 3.63) is 46.1 Å². The van der Waals surface area contributed by atoms with E-state index in [0.717, 1.165) is 12.0 Å². The van der Waals surface area contributed by atoms with Crippen molar-refractivity contribution >= 4 is 17.4 Å². The van der Waals surface area contributed by atoms with E-state index in [1.165, 1.54) is 0 Å². The average Bonchev–Trinajstić information content (AvgIpc) is 2.69. The van der Waals surface area contributed by atoms with Crippen LogP contribution in [0.3, 0.4) is 0 Å². The summed E-state index contributed by atoms with van der Waals surface area (Å²) in [4.78, 5) is 0. The SMILES string of the molecule is CCCn1nc(Cc2ccccc2Cl)c(C#N)c1N. The Kier molecular flexibility index (Phi) is 4.08. The highest BCUT2D eigenvalue weighted by atomic mass is 35.5. The van der Waals surface area contributed by atoms with Crippen molar-refractivity contribution < 1.29 is 0 Å². The van der Waals surface area contributed by atoms with Gasteiger partial charge in [-0.3, -0.25) is 0 Å². The fourth-order valence-electron chi connectivity index (χ4n) is 1.98. The molecule has 0 fully saturated rings. The second-order valence-electron chi connectivity index (χ2n) is 4.31. The first-order chi connectivity index (χ1) is 9.17. The number of nitrogen functional groups attached to an aromatic ring is 1. The molecule has 1 heterocycles. The summed E-state index contributed by atoms with van der Waals surface area (Å²) < 4.78 is 1.69. The first-order valence-electron chi connectivity index (χ1n) is 6.16. The zero-order valence-electron chi connectivity index (χ0n) is 10.7. The molecule has 0 aliphatic heterocycles. The second kappa shape index (κ2) is 5.77. The van der Waals surface area contributed by atoms with Crippen molar-refractivity contribution in [2.45, 2.75) is 26.3 Å². The molecule has 98 valence electrons. The fraction of sp³-hybridized carbons (Fsp3) is 0.286. The molecule has 0 aliphatic rings. The largest absolute Gasteiger partial charge is 0.383 e.